The minimum atomic E-state index is -0.511. The molecule has 1 fully saturated rings. The van der Waals surface area contributed by atoms with Crippen molar-refractivity contribution >= 4 is 0 Å². The number of aliphatic hydroxyl groups is 2. The number of allylic oxidation sites excluding steroid dienone is 1. The molecule has 2 nitrogen and oxygen atoms in total. The second kappa shape index (κ2) is 3.43. The van der Waals surface area contributed by atoms with E-state index in [0.717, 1.165) is 25.7 Å². The van der Waals surface area contributed by atoms with E-state index in [1.165, 1.54) is 18.4 Å². The van der Waals surface area contributed by atoms with Gasteiger partial charge in [0.1, 0.15) is 0 Å². The van der Waals surface area contributed by atoms with Crippen molar-refractivity contribution in [1.29, 1.82) is 0 Å². The van der Waals surface area contributed by atoms with Crippen molar-refractivity contribution in [2.45, 2.75) is 44.1 Å². The maximum absolute atomic E-state index is 10.2. The average Bonchev–Trinajstić information content (AvgIpc) is 2.81. The van der Waals surface area contributed by atoms with Crippen LogP contribution in [0, 0.1) is 5.92 Å². The first kappa shape index (κ1) is 9.22. The summed E-state index contributed by atoms with van der Waals surface area (Å²) < 4.78 is 0. The molecule has 2 aliphatic rings. The summed E-state index contributed by atoms with van der Waals surface area (Å²) in [5.74, 6) is 0.335. The van der Waals surface area contributed by atoms with Gasteiger partial charge in [-0.15, -0.1) is 0 Å². The van der Waals surface area contributed by atoms with Crippen LogP contribution in [0.4, 0.5) is 0 Å². The minimum absolute atomic E-state index is 0.209. The van der Waals surface area contributed by atoms with Gasteiger partial charge in [0.15, 0.2) is 0 Å². The Bertz CT molecular complexity index is 222. The van der Waals surface area contributed by atoms with Gasteiger partial charge >= 0.3 is 0 Å². The SMILES string of the molecule is OCC[C@H]1C[C@@]1(O)C1=CCCCC1. The molecule has 0 aromatic heterocycles. The summed E-state index contributed by atoms with van der Waals surface area (Å²) in [6.45, 7) is 0.209. The van der Waals surface area contributed by atoms with Crippen molar-refractivity contribution in [3.05, 3.63) is 11.6 Å². The van der Waals surface area contributed by atoms with Crippen LogP contribution in [0.1, 0.15) is 38.5 Å². The van der Waals surface area contributed by atoms with Crippen LogP contribution in [0.5, 0.6) is 0 Å². The second-order valence-corrected chi connectivity index (χ2v) is 4.31. The Hall–Kier alpha value is -0.340. The molecule has 0 aliphatic heterocycles. The van der Waals surface area contributed by atoms with E-state index in [9.17, 15) is 5.11 Å². The van der Waals surface area contributed by atoms with Gasteiger partial charge in [-0.3, -0.25) is 0 Å². The van der Waals surface area contributed by atoms with Crippen LogP contribution >= 0.6 is 0 Å². The van der Waals surface area contributed by atoms with Gasteiger partial charge in [-0.1, -0.05) is 6.08 Å². The van der Waals surface area contributed by atoms with Gasteiger partial charge in [-0.25, -0.2) is 0 Å². The molecule has 0 amide bonds. The van der Waals surface area contributed by atoms with Gasteiger partial charge in [0.2, 0.25) is 0 Å². The Morgan fingerprint density at radius 1 is 1.46 bits per heavy atom. The first-order valence-corrected chi connectivity index (χ1v) is 5.30. The van der Waals surface area contributed by atoms with Crippen LogP contribution in [0.3, 0.4) is 0 Å². The molecule has 2 rings (SSSR count). The molecule has 0 unspecified atom stereocenters. The van der Waals surface area contributed by atoms with Gasteiger partial charge in [0.05, 0.1) is 5.60 Å². The zero-order chi connectivity index (χ0) is 9.31. The van der Waals surface area contributed by atoms with Gasteiger partial charge in [-0.05, 0) is 50.0 Å². The Morgan fingerprint density at radius 2 is 2.31 bits per heavy atom. The molecule has 2 heteroatoms. The van der Waals surface area contributed by atoms with Crippen LogP contribution in [-0.4, -0.2) is 22.4 Å². The lowest BCUT2D eigenvalue weighted by Gasteiger charge is -2.19. The highest BCUT2D eigenvalue weighted by Gasteiger charge is 2.54. The molecule has 0 bridgehead atoms. The normalized spacial score (nSPS) is 38.6. The zero-order valence-corrected chi connectivity index (χ0v) is 8.00. The van der Waals surface area contributed by atoms with E-state index in [0.29, 0.717) is 5.92 Å². The van der Waals surface area contributed by atoms with E-state index >= 15 is 0 Å². The fourth-order valence-corrected chi connectivity index (χ4v) is 2.44. The molecule has 2 aliphatic carbocycles. The van der Waals surface area contributed by atoms with Gasteiger partial charge in [0.25, 0.3) is 0 Å². The van der Waals surface area contributed by atoms with Crippen LogP contribution in [0.25, 0.3) is 0 Å². The Kier molecular flexibility index (Phi) is 2.43. The molecule has 2 atom stereocenters. The highest BCUT2D eigenvalue weighted by Crippen LogP contribution is 2.52. The maximum Gasteiger partial charge on any atom is 0.0890 e. The molecule has 0 heterocycles. The molecule has 0 spiro atoms. The summed E-state index contributed by atoms with van der Waals surface area (Å²) in [5.41, 5.74) is 0.737. The third-order valence-electron chi connectivity index (χ3n) is 3.40. The maximum atomic E-state index is 10.2. The quantitative estimate of drug-likeness (QED) is 0.651. The highest BCUT2D eigenvalue weighted by molar-refractivity contribution is 5.28. The third kappa shape index (κ3) is 1.65. The lowest BCUT2D eigenvalue weighted by molar-refractivity contribution is 0.152. The summed E-state index contributed by atoms with van der Waals surface area (Å²) in [4.78, 5) is 0. The van der Waals surface area contributed by atoms with Crippen LogP contribution in [0.2, 0.25) is 0 Å². The van der Waals surface area contributed by atoms with Gasteiger partial charge in [0, 0.05) is 6.61 Å². The van der Waals surface area contributed by atoms with E-state index in [4.69, 9.17) is 5.11 Å². The van der Waals surface area contributed by atoms with E-state index in [1.807, 2.05) is 0 Å². The lowest BCUT2D eigenvalue weighted by Crippen LogP contribution is -2.17. The standard InChI is InChI=1S/C11H18O2/c12-7-6-10-8-11(10,13)9-4-2-1-3-5-9/h4,10,12-13H,1-3,5-8H2/t10-,11+/m0/s1. The van der Waals surface area contributed by atoms with Crippen molar-refractivity contribution in [1.82, 2.24) is 0 Å². The summed E-state index contributed by atoms with van der Waals surface area (Å²) in [6.07, 6.45) is 8.53. The molecule has 0 saturated heterocycles. The monoisotopic (exact) mass is 182 g/mol. The molecule has 0 aromatic rings. The van der Waals surface area contributed by atoms with Crippen molar-refractivity contribution in [3.8, 4) is 0 Å². The van der Waals surface area contributed by atoms with Crippen molar-refractivity contribution < 1.29 is 10.2 Å². The van der Waals surface area contributed by atoms with Crippen LogP contribution < -0.4 is 0 Å². The van der Waals surface area contributed by atoms with E-state index < -0.39 is 5.60 Å². The van der Waals surface area contributed by atoms with Crippen molar-refractivity contribution in [3.63, 3.8) is 0 Å². The first-order chi connectivity index (χ1) is 6.27. The highest BCUT2D eigenvalue weighted by atomic mass is 16.3. The predicted molar refractivity (Wildman–Crippen MR) is 51.3 cm³/mol. The molecular weight excluding hydrogens is 164 g/mol. The fourth-order valence-electron chi connectivity index (χ4n) is 2.44. The molecule has 1 saturated carbocycles. The number of hydrogen-bond donors (Lipinski definition) is 2. The first-order valence-electron chi connectivity index (χ1n) is 5.30. The smallest absolute Gasteiger partial charge is 0.0890 e. The summed E-state index contributed by atoms with van der Waals surface area (Å²) >= 11 is 0. The third-order valence-corrected chi connectivity index (χ3v) is 3.40. The summed E-state index contributed by atoms with van der Waals surface area (Å²) in [7, 11) is 0. The van der Waals surface area contributed by atoms with Gasteiger partial charge in [-0.2, -0.15) is 0 Å². The van der Waals surface area contributed by atoms with E-state index in [1.54, 1.807) is 0 Å². The molecular formula is C11H18O2. The average molecular weight is 182 g/mol. The largest absolute Gasteiger partial charge is 0.396 e. The molecule has 13 heavy (non-hydrogen) atoms. The minimum Gasteiger partial charge on any atom is -0.396 e. The van der Waals surface area contributed by atoms with Crippen molar-refractivity contribution in [2.24, 2.45) is 5.92 Å². The van der Waals surface area contributed by atoms with E-state index in [-0.39, 0.29) is 6.61 Å². The van der Waals surface area contributed by atoms with E-state index in [2.05, 4.69) is 6.08 Å². The zero-order valence-electron chi connectivity index (χ0n) is 8.00. The van der Waals surface area contributed by atoms with Crippen LogP contribution in [0.15, 0.2) is 11.6 Å². The summed E-state index contributed by atoms with van der Waals surface area (Å²) in [6, 6.07) is 0. The second-order valence-electron chi connectivity index (χ2n) is 4.31. The number of rotatable bonds is 3. The number of aliphatic hydroxyl groups excluding tert-OH is 1. The van der Waals surface area contributed by atoms with Crippen LogP contribution in [-0.2, 0) is 0 Å². The summed E-state index contributed by atoms with van der Waals surface area (Å²) in [5, 5.41) is 18.9. The van der Waals surface area contributed by atoms with Gasteiger partial charge < -0.3 is 10.2 Å². The Labute approximate surface area is 79.3 Å². The molecule has 74 valence electrons. The molecule has 0 radical (unpaired) electrons. The Morgan fingerprint density at radius 3 is 2.92 bits per heavy atom. The Balaban J connectivity index is 1.97. The topological polar surface area (TPSA) is 40.5 Å². The fraction of sp³-hybridized carbons (Fsp3) is 0.818. The predicted octanol–water partition coefficient (Wildman–Crippen LogP) is 1.62. The molecule has 0 aromatic carbocycles. The lowest BCUT2D eigenvalue weighted by atomic mass is 9.92. The molecule has 2 N–H and O–H groups in total. The number of hydrogen-bond acceptors (Lipinski definition) is 2. The van der Waals surface area contributed by atoms with Crippen molar-refractivity contribution in [2.75, 3.05) is 6.61 Å².